The third-order valence-corrected chi connectivity index (χ3v) is 4.39. The Labute approximate surface area is 182 Å². The zero-order chi connectivity index (χ0) is 21.9. The van der Waals surface area contributed by atoms with Crippen LogP contribution in [0.15, 0.2) is 78.9 Å². The maximum atomic E-state index is 12.7. The molecule has 0 fully saturated rings. The predicted molar refractivity (Wildman–Crippen MR) is 122 cm³/mol. The molecule has 0 aliphatic rings. The molecule has 2 N–H and O–H groups in total. The Kier molecular flexibility index (Phi) is 8.05. The van der Waals surface area contributed by atoms with E-state index in [4.69, 9.17) is 9.47 Å². The van der Waals surface area contributed by atoms with Crippen molar-refractivity contribution in [2.75, 3.05) is 23.8 Å². The van der Waals surface area contributed by atoms with Crippen molar-refractivity contribution >= 4 is 23.2 Å². The molecule has 2 amide bonds. The van der Waals surface area contributed by atoms with Gasteiger partial charge >= 0.3 is 0 Å². The maximum Gasteiger partial charge on any atom is 0.259 e. The fourth-order valence-electron chi connectivity index (χ4n) is 2.89. The van der Waals surface area contributed by atoms with Crippen LogP contribution in [-0.2, 0) is 4.79 Å². The average Bonchev–Trinajstić information content (AvgIpc) is 2.79. The fourth-order valence-corrected chi connectivity index (χ4v) is 2.89. The minimum Gasteiger partial charge on any atom is -0.490 e. The Morgan fingerprint density at radius 1 is 0.742 bits per heavy atom. The molecule has 3 aromatic rings. The summed E-state index contributed by atoms with van der Waals surface area (Å²) < 4.78 is 11.4. The van der Waals surface area contributed by atoms with Gasteiger partial charge in [-0.2, -0.15) is 0 Å². The smallest absolute Gasteiger partial charge is 0.259 e. The first-order valence-corrected chi connectivity index (χ1v) is 10.3. The summed E-state index contributed by atoms with van der Waals surface area (Å²) in [6, 6.07) is 23.6. The Morgan fingerprint density at radius 2 is 1.35 bits per heavy atom. The molecule has 31 heavy (non-hydrogen) atoms. The van der Waals surface area contributed by atoms with Crippen LogP contribution in [0.1, 0.15) is 30.1 Å². The zero-order valence-electron chi connectivity index (χ0n) is 17.5. The quantitative estimate of drug-likeness (QED) is 0.447. The Hall–Kier alpha value is -3.80. The van der Waals surface area contributed by atoms with Crippen LogP contribution < -0.4 is 20.1 Å². The molecule has 3 rings (SSSR count). The summed E-state index contributed by atoms with van der Waals surface area (Å²) in [6.45, 7) is 2.63. The van der Waals surface area contributed by atoms with E-state index in [-0.39, 0.29) is 11.8 Å². The standard InChI is InChI=1S/C25H26N2O4/c1-2-8-24(28)26-19-13-15-20(16-14-19)27-25(29)22-11-6-7-12-23(22)31-18-17-30-21-9-4-3-5-10-21/h3-7,9-16H,2,8,17-18H2,1H3,(H,26,28)(H,27,29). The summed E-state index contributed by atoms with van der Waals surface area (Å²) in [5.41, 5.74) is 1.75. The van der Waals surface area contributed by atoms with Gasteiger partial charge in [-0.15, -0.1) is 0 Å². The number of hydrogen-bond acceptors (Lipinski definition) is 4. The second-order valence-electron chi connectivity index (χ2n) is 6.84. The molecular formula is C25H26N2O4. The molecule has 3 aromatic carbocycles. The topological polar surface area (TPSA) is 76.7 Å². The molecule has 0 atom stereocenters. The zero-order valence-corrected chi connectivity index (χ0v) is 17.5. The number of carbonyl (C=O) groups is 2. The number of rotatable bonds is 10. The third kappa shape index (κ3) is 6.89. The van der Waals surface area contributed by atoms with Crippen LogP contribution in [-0.4, -0.2) is 25.0 Å². The van der Waals surface area contributed by atoms with Crippen LogP contribution in [0.25, 0.3) is 0 Å². The van der Waals surface area contributed by atoms with Gasteiger partial charge in [-0.3, -0.25) is 9.59 Å². The summed E-state index contributed by atoms with van der Waals surface area (Å²) in [7, 11) is 0. The molecule has 0 aromatic heterocycles. The maximum absolute atomic E-state index is 12.7. The van der Waals surface area contributed by atoms with Gasteiger partial charge in [0, 0.05) is 17.8 Å². The highest BCUT2D eigenvalue weighted by atomic mass is 16.5. The number of amides is 2. The van der Waals surface area contributed by atoms with Crippen LogP contribution in [0.2, 0.25) is 0 Å². The van der Waals surface area contributed by atoms with Crippen molar-refractivity contribution in [1.82, 2.24) is 0 Å². The Bertz CT molecular complexity index is 988. The van der Waals surface area contributed by atoms with Crippen molar-refractivity contribution in [1.29, 1.82) is 0 Å². The molecule has 0 saturated carbocycles. The van der Waals surface area contributed by atoms with Crippen molar-refractivity contribution in [2.45, 2.75) is 19.8 Å². The number of hydrogen-bond donors (Lipinski definition) is 2. The van der Waals surface area contributed by atoms with Crippen molar-refractivity contribution in [3.05, 3.63) is 84.4 Å². The number of nitrogens with one attached hydrogen (secondary N) is 2. The predicted octanol–water partition coefficient (Wildman–Crippen LogP) is 5.14. The first-order chi connectivity index (χ1) is 15.2. The van der Waals surface area contributed by atoms with E-state index in [1.54, 1.807) is 42.5 Å². The normalized spacial score (nSPS) is 10.2. The van der Waals surface area contributed by atoms with E-state index in [0.29, 0.717) is 42.3 Å². The highest BCUT2D eigenvalue weighted by Gasteiger charge is 2.12. The SMILES string of the molecule is CCCC(=O)Nc1ccc(NC(=O)c2ccccc2OCCOc2ccccc2)cc1. The molecule has 160 valence electrons. The third-order valence-electron chi connectivity index (χ3n) is 4.39. The molecule has 0 unspecified atom stereocenters. The lowest BCUT2D eigenvalue weighted by Gasteiger charge is -2.13. The van der Waals surface area contributed by atoms with Crippen LogP contribution in [0.3, 0.4) is 0 Å². The lowest BCUT2D eigenvalue weighted by atomic mass is 10.1. The molecule has 0 aliphatic heterocycles. The fraction of sp³-hybridized carbons (Fsp3) is 0.200. The summed E-state index contributed by atoms with van der Waals surface area (Å²) in [5, 5.41) is 5.68. The number of benzene rings is 3. The van der Waals surface area contributed by atoms with Crippen molar-refractivity contribution in [2.24, 2.45) is 0 Å². The highest BCUT2D eigenvalue weighted by molar-refractivity contribution is 6.06. The minimum absolute atomic E-state index is 0.0263. The van der Waals surface area contributed by atoms with E-state index >= 15 is 0 Å². The van der Waals surface area contributed by atoms with Crippen LogP contribution in [0.5, 0.6) is 11.5 Å². The molecule has 0 aliphatic carbocycles. The monoisotopic (exact) mass is 418 g/mol. The molecule has 0 heterocycles. The van der Waals surface area contributed by atoms with E-state index in [2.05, 4.69) is 10.6 Å². The largest absolute Gasteiger partial charge is 0.490 e. The molecule has 0 spiro atoms. The van der Waals surface area contributed by atoms with Crippen LogP contribution >= 0.6 is 0 Å². The van der Waals surface area contributed by atoms with Crippen LogP contribution in [0, 0.1) is 0 Å². The lowest BCUT2D eigenvalue weighted by Crippen LogP contribution is -2.16. The molecule has 6 nitrogen and oxygen atoms in total. The summed E-state index contributed by atoms with van der Waals surface area (Å²) in [4.78, 5) is 24.4. The number of carbonyl (C=O) groups excluding carboxylic acids is 2. The summed E-state index contributed by atoms with van der Waals surface area (Å²) in [6.07, 6.45) is 1.27. The summed E-state index contributed by atoms with van der Waals surface area (Å²) in [5.74, 6) is 0.954. The second kappa shape index (κ2) is 11.4. The van der Waals surface area contributed by atoms with Gasteiger partial charge in [-0.05, 0) is 55.0 Å². The second-order valence-corrected chi connectivity index (χ2v) is 6.84. The van der Waals surface area contributed by atoms with Gasteiger partial charge in [0.05, 0.1) is 5.56 Å². The first kappa shape index (κ1) is 21.9. The van der Waals surface area contributed by atoms with Gasteiger partial charge in [-0.25, -0.2) is 0 Å². The Morgan fingerprint density at radius 3 is 2.06 bits per heavy atom. The minimum atomic E-state index is -0.276. The average molecular weight is 418 g/mol. The van der Waals surface area contributed by atoms with E-state index < -0.39 is 0 Å². The van der Waals surface area contributed by atoms with Gasteiger partial charge in [0.1, 0.15) is 24.7 Å². The molecule has 6 heteroatoms. The number of anilines is 2. The molecular weight excluding hydrogens is 392 g/mol. The van der Waals surface area contributed by atoms with E-state index in [0.717, 1.165) is 12.2 Å². The van der Waals surface area contributed by atoms with Gasteiger partial charge in [0.15, 0.2) is 0 Å². The number of ether oxygens (including phenoxy) is 2. The first-order valence-electron chi connectivity index (χ1n) is 10.3. The molecule has 0 radical (unpaired) electrons. The van der Waals surface area contributed by atoms with Crippen molar-refractivity contribution in [3.63, 3.8) is 0 Å². The van der Waals surface area contributed by atoms with Crippen molar-refractivity contribution < 1.29 is 19.1 Å². The van der Waals surface area contributed by atoms with E-state index in [1.807, 2.05) is 43.3 Å². The Balaban J connectivity index is 1.55. The van der Waals surface area contributed by atoms with Gasteiger partial charge < -0.3 is 20.1 Å². The van der Waals surface area contributed by atoms with Gasteiger partial charge in [-0.1, -0.05) is 37.3 Å². The summed E-state index contributed by atoms with van der Waals surface area (Å²) >= 11 is 0. The molecule has 0 saturated heterocycles. The van der Waals surface area contributed by atoms with E-state index in [9.17, 15) is 9.59 Å². The number of para-hydroxylation sites is 2. The van der Waals surface area contributed by atoms with E-state index in [1.165, 1.54) is 0 Å². The van der Waals surface area contributed by atoms with Crippen molar-refractivity contribution in [3.8, 4) is 11.5 Å². The van der Waals surface area contributed by atoms with Crippen LogP contribution in [0.4, 0.5) is 11.4 Å². The van der Waals surface area contributed by atoms with Gasteiger partial charge in [0.25, 0.3) is 5.91 Å². The lowest BCUT2D eigenvalue weighted by molar-refractivity contribution is -0.116. The molecule has 0 bridgehead atoms. The van der Waals surface area contributed by atoms with Gasteiger partial charge in [0.2, 0.25) is 5.91 Å². The highest BCUT2D eigenvalue weighted by Crippen LogP contribution is 2.21.